The number of ketones is 1. The van der Waals surface area contributed by atoms with Crippen LogP contribution in [0.4, 0.5) is 0 Å². The van der Waals surface area contributed by atoms with E-state index in [0.717, 1.165) is 12.8 Å². The predicted octanol–water partition coefficient (Wildman–Crippen LogP) is 3.50. The van der Waals surface area contributed by atoms with Crippen LogP contribution < -0.4 is 0 Å². The molecule has 0 aliphatic rings. The quantitative estimate of drug-likeness (QED) is 0.767. The van der Waals surface area contributed by atoms with E-state index < -0.39 is 0 Å². The Balaban J connectivity index is 1.88. The van der Waals surface area contributed by atoms with Crippen molar-refractivity contribution in [1.29, 1.82) is 0 Å². The topological polar surface area (TPSA) is 50.5 Å². The molecule has 1 heterocycles. The summed E-state index contributed by atoms with van der Waals surface area (Å²) in [4.78, 5) is 25.0. The van der Waals surface area contributed by atoms with E-state index >= 15 is 0 Å². The molecule has 2 aromatic rings. The van der Waals surface area contributed by atoms with Crippen molar-refractivity contribution >= 4 is 11.7 Å². The van der Waals surface area contributed by atoms with E-state index in [0.29, 0.717) is 6.54 Å². The van der Waals surface area contributed by atoms with E-state index in [1.165, 1.54) is 24.1 Å². The summed E-state index contributed by atoms with van der Waals surface area (Å²) in [6.45, 7) is 4.15. The summed E-state index contributed by atoms with van der Waals surface area (Å²) in [7, 11) is 1.75. The highest BCUT2D eigenvalue weighted by Crippen LogP contribution is 2.13. The summed E-state index contributed by atoms with van der Waals surface area (Å²) in [6, 6.07) is 11.4. The van der Waals surface area contributed by atoms with Gasteiger partial charge in [0.1, 0.15) is 0 Å². The summed E-state index contributed by atoms with van der Waals surface area (Å²) in [5, 5.41) is 0. The zero-order valence-electron chi connectivity index (χ0n) is 13.3. The van der Waals surface area contributed by atoms with E-state index in [-0.39, 0.29) is 23.2 Å². The minimum atomic E-state index is -0.197. The van der Waals surface area contributed by atoms with Crippen LogP contribution in [0, 0.1) is 6.92 Å². The van der Waals surface area contributed by atoms with Gasteiger partial charge in [-0.05, 0) is 43.0 Å². The number of carbonyl (C=O) groups excluding carboxylic acids is 2. The molecule has 0 bridgehead atoms. The largest absolute Gasteiger partial charge is 0.448 e. The van der Waals surface area contributed by atoms with Gasteiger partial charge in [0, 0.05) is 20.5 Å². The molecule has 0 atom stereocenters. The lowest BCUT2D eigenvalue weighted by Gasteiger charge is -2.16. The monoisotopic (exact) mass is 299 g/mol. The van der Waals surface area contributed by atoms with Crippen molar-refractivity contribution < 1.29 is 14.0 Å². The second-order valence-corrected chi connectivity index (χ2v) is 5.48. The first-order valence-corrected chi connectivity index (χ1v) is 7.40. The molecule has 22 heavy (non-hydrogen) atoms. The molecule has 0 fully saturated rings. The van der Waals surface area contributed by atoms with Crippen LogP contribution in [0.15, 0.2) is 40.8 Å². The van der Waals surface area contributed by atoms with Crippen LogP contribution in [0.5, 0.6) is 0 Å². The van der Waals surface area contributed by atoms with Crippen LogP contribution in [0.3, 0.4) is 0 Å². The molecule has 0 saturated carbocycles. The van der Waals surface area contributed by atoms with Gasteiger partial charge in [-0.3, -0.25) is 9.59 Å². The SMILES string of the molecule is CC(=O)c1ccc(C(=O)N(C)CCCc2ccccc2C)o1. The lowest BCUT2D eigenvalue weighted by Crippen LogP contribution is -2.27. The Morgan fingerprint density at radius 1 is 1.09 bits per heavy atom. The maximum absolute atomic E-state index is 12.2. The van der Waals surface area contributed by atoms with Crippen LogP contribution in [0.1, 0.15) is 45.6 Å². The van der Waals surface area contributed by atoms with E-state index in [9.17, 15) is 9.59 Å². The number of benzene rings is 1. The van der Waals surface area contributed by atoms with Gasteiger partial charge in [0.15, 0.2) is 17.3 Å². The average Bonchev–Trinajstić information content (AvgIpc) is 2.98. The molecule has 116 valence electrons. The normalized spacial score (nSPS) is 10.5. The third-order valence-corrected chi connectivity index (χ3v) is 3.71. The van der Waals surface area contributed by atoms with Crippen molar-refractivity contribution in [1.82, 2.24) is 4.90 Å². The number of Topliss-reactive ketones (excluding diaryl/α,β-unsaturated/α-hetero) is 1. The second kappa shape index (κ2) is 7.07. The molecule has 0 aliphatic heterocycles. The standard InChI is InChI=1S/C18H21NO3/c1-13-7-4-5-8-15(13)9-6-12-19(3)18(21)17-11-10-16(22-17)14(2)20/h4-5,7-8,10-11H,6,9,12H2,1-3H3. The fourth-order valence-electron chi connectivity index (χ4n) is 2.33. The van der Waals surface area contributed by atoms with Crippen molar-refractivity contribution in [3.05, 3.63) is 59.0 Å². The summed E-state index contributed by atoms with van der Waals surface area (Å²) in [5.41, 5.74) is 2.58. The third-order valence-electron chi connectivity index (χ3n) is 3.71. The zero-order valence-corrected chi connectivity index (χ0v) is 13.3. The maximum Gasteiger partial charge on any atom is 0.289 e. The van der Waals surface area contributed by atoms with Crippen molar-refractivity contribution in [2.24, 2.45) is 0 Å². The van der Waals surface area contributed by atoms with Gasteiger partial charge in [0.25, 0.3) is 5.91 Å². The molecular weight excluding hydrogens is 278 g/mol. The van der Waals surface area contributed by atoms with Gasteiger partial charge in [0.05, 0.1) is 0 Å². The van der Waals surface area contributed by atoms with Gasteiger partial charge in [-0.1, -0.05) is 24.3 Å². The lowest BCUT2D eigenvalue weighted by molar-refractivity contribution is 0.0759. The molecule has 4 nitrogen and oxygen atoms in total. The number of carbonyl (C=O) groups is 2. The third kappa shape index (κ3) is 3.85. The van der Waals surface area contributed by atoms with E-state index in [1.807, 2.05) is 12.1 Å². The van der Waals surface area contributed by atoms with Gasteiger partial charge < -0.3 is 9.32 Å². The molecule has 0 aliphatic carbocycles. The van der Waals surface area contributed by atoms with Gasteiger partial charge in [-0.25, -0.2) is 0 Å². The Labute approximate surface area is 130 Å². The van der Waals surface area contributed by atoms with Crippen molar-refractivity contribution in [2.75, 3.05) is 13.6 Å². The number of rotatable bonds is 6. The van der Waals surface area contributed by atoms with Gasteiger partial charge in [-0.15, -0.1) is 0 Å². The molecule has 0 spiro atoms. The first kappa shape index (κ1) is 16.0. The zero-order chi connectivity index (χ0) is 16.1. The highest BCUT2D eigenvalue weighted by molar-refractivity contribution is 5.95. The summed E-state index contributed by atoms with van der Waals surface area (Å²) in [5.74, 6) is 0.0544. The number of furan rings is 1. The lowest BCUT2D eigenvalue weighted by atomic mass is 10.0. The Morgan fingerprint density at radius 3 is 2.41 bits per heavy atom. The van der Waals surface area contributed by atoms with Crippen LogP contribution in [-0.4, -0.2) is 30.2 Å². The second-order valence-electron chi connectivity index (χ2n) is 5.48. The van der Waals surface area contributed by atoms with Crippen LogP contribution in [0.25, 0.3) is 0 Å². The Bertz CT molecular complexity index is 672. The molecule has 4 heteroatoms. The molecule has 1 aromatic carbocycles. The van der Waals surface area contributed by atoms with Gasteiger partial charge in [0.2, 0.25) is 0 Å². The molecule has 1 aromatic heterocycles. The number of aryl methyl sites for hydroxylation is 2. The molecule has 2 rings (SSSR count). The molecular formula is C18H21NO3. The number of nitrogens with zero attached hydrogens (tertiary/aromatic N) is 1. The minimum Gasteiger partial charge on any atom is -0.448 e. The smallest absolute Gasteiger partial charge is 0.289 e. The number of hydrogen-bond donors (Lipinski definition) is 0. The Hall–Kier alpha value is -2.36. The van der Waals surface area contributed by atoms with Crippen molar-refractivity contribution in [3.8, 4) is 0 Å². The van der Waals surface area contributed by atoms with E-state index in [1.54, 1.807) is 18.0 Å². The first-order valence-electron chi connectivity index (χ1n) is 7.40. The summed E-state index contributed by atoms with van der Waals surface area (Å²) >= 11 is 0. The highest BCUT2D eigenvalue weighted by Gasteiger charge is 2.17. The van der Waals surface area contributed by atoms with Crippen molar-refractivity contribution in [3.63, 3.8) is 0 Å². The van der Waals surface area contributed by atoms with Gasteiger partial charge in [-0.2, -0.15) is 0 Å². The average molecular weight is 299 g/mol. The van der Waals surface area contributed by atoms with E-state index in [4.69, 9.17) is 4.42 Å². The molecule has 0 radical (unpaired) electrons. The first-order chi connectivity index (χ1) is 10.5. The molecule has 1 amide bonds. The fourth-order valence-corrected chi connectivity index (χ4v) is 2.33. The van der Waals surface area contributed by atoms with Gasteiger partial charge >= 0.3 is 0 Å². The van der Waals surface area contributed by atoms with Crippen molar-refractivity contribution in [2.45, 2.75) is 26.7 Å². The maximum atomic E-state index is 12.2. The highest BCUT2D eigenvalue weighted by atomic mass is 16.4. The van der Waals surface area contributed by atoms with Crippen LogP contribution >= 0.6 is 0 Å². The number of amides is 1. The fraction of sp³-hybridized carbons (Fsp3) is 0.333. The van der Waals surface area contributed by atoms with Crippen LogP contribution in [-0.2, 0) is 6.42 Å². The minimum absolute atomic E-state index is 0.179. The summed E-state index contributed by atoms with van der Waals surface area (Å²) < 4.78 is 5.27. The summed E-state index contributed by atoms with van der Waals surface area (Å²) in [6.07, 6.45) is 1.81. The van der Waals surface area contributed by atoms with E-state index in [2.05, 4.69) is 19.1 Å². The van der Waals surface area contributed by atoms with Crippen LogP contribution in [0.2, 0.25) is 0 Å². The molecule has 0 unspecified atom stereocenters. The Morgan fingerprint density at radius 2 is 1.77 bits per heavy atom. The Kier molecular flexibility index (Phi) is 5.15. The molecule has 0 N–H and O–H groups in total. The molecule has 0 saturated heterocycles. The predicted molar refractivity (Wildman–Crippen MR) is 85.2 cm³/mol. The number of hydrogen-bond acceptors (Lipinski definition) is 3.